The van der Waals surface area contributed by atoms with Gasteiger partial charge < -0.3 is 10.5 Å². The minimum absolute atomic E-state index is 0.0203. The van der Waals surface area contributed by atoms with E-state index in [9.17, 15) is 8.42 Å². The molecule has 0 aliphatic rings. The van der Waals surface area contributed by atoms with E-state index < -0.39 is 10.0 Å². The SMILES string of the molecule is Cc1ccc(NS(=O)(=O)CCOC(C)C)c(C)c1N. The summed E-state index contributed by atoms with van der Waals surface area (Å²) in [5.74, 6) is -0.0710. The van der Waals surface area contributed by atoms with Gasteiger partial charge in [-0.3, -0.25) is 4.72 Å². The van der Waals surface area contributed by atoms with Crippen molar-refractivity contribution in [2.24, 2.45) is 0 Å². The van der Waals surface area contributed by atoms with Crippen LogP contribution in [0.4, 0.5) is 11.4 Å². The van der Waals surface area contributed by atoms with Crippen LogP contribution in [-0.4, -0.2) is 26.9 Å². The van der Waals surface area contributed by atoms with Crippen LogP contribution in [-0.2, 0) is 14.8 Å². The van der Waals surface area contributed by atoms with E-state index in [-0.39, 0.29) is 18.5 Å². The van der Waals surface area contributed by atoms with Gasteiger partial charge in [-0.2, -0.15) is 0 Å². The van der Waals surface area contributed by atoms with Crippen LogP contribution in [0.5, 0.6) is 0 Å². The molecule has 0 radical (unpaired) electrons. The molecule has 1 rings (SSSR count). The summed E-state index contributed by atoms with van der Waals surface area (Å²) in [5.41, 5.74) is 8.69. The Balaban J connectivity index is 2.76. The molecule has 0 atom stereocenters. The zero-order valence-corrected chi connectivity index (χ0v) is 12.7. The standard InChI is InChI=1S/C13H22N2O3S/c1-9(2)18-7-8-19(16,17)15-12-6-5-10(3)13(14)11(12)4/h5-6,9,15H,7-8,14H2,1-4H3. The minimum Gasteiger partial charge on any atom is -0.398 e. The molecule has 0 amide bonds. The molecule has 1 aromatic carbocycles. The van der Waals surface area contributed by atoms with Gasteiger partial charge >= 0.3 is 0 Å². The third-order valence-corrected chi connectivity index (χ3v) is 4.04. The topological polar surface area (TPSA) is 81.4 Å². The van der Waals surface area contributed by atoms with Crippen molar-refractivity contribution in [2.75, 3.05) is 22.8 Å². The zero-order chi connectivity index (χ0) is 14.6. The fourth-order valence-electron chi connectivity index (χ4n) is 1.59. The molecule has 0 spiro atoms. The average molecular weight is 286 g/mol. The minimum atomic E-state index is -3.41. The van der Waals surface area contributed by atoms with Crippen LogP contribution in [0, 0.1) is 13.8 Å². The van der Waals surface area contributed by atoms with E-state index in [0.717, 1.165) is 11.1 Å². The lowest BCUT2D eigenvalue weighted by molar-refractivity contribution is 0.0913. The Labute approximate surface area is 115 Å². The molecule has 5 nitrogen and oxygen atoms in total. The molecule has 0 unspecified atom stereocenters. The number of nitrogens with one attached hydrogen (secondary N) is 1. The van der Waals surface area contributed by atoms with Crippen LogP contribution in [0.2, 0.25) is 0 Å². The summed E-state index contributed by atoms with van der Waals surface area (Å²) in [6.07, 6.45) is 0.0203. The lowest BCUT2D eigenvalue weighted by atomic mass is 10.1. The monoisotopic (exact) mass is 286 g/mol. The van der Waals surface area contributed by atoms with Crippen LogP contribution in [0.15, 0.2) is 12.1 Å². The van der Waals surface area contributed by atoms with Gasteiger partial charge in [-0.25, -0.2) is 8.42 Å². The zero-order valence-electron chi connectivity index (χ0n) is 11.9. The highest BCUT2D eigenvalue weighted by atomic mass is 32.2. The highest BCUT2D eigenvalue weighted by Crippen LogP contribution is 2.25. The predicted molar refractivity (Wildman–Crippen MR) is 78.8 cm³/mol. The Morgan fingerprint density at radius 2 is 1.95 bits per heavy atom. The predicted octanol–water partition coefficient (Wildman–Crippen LogP) is 2.05. The first-order chi connectivity index (χ1) is 8.73. The maximum atomic E-state index is 11.9. The number of sulfonamides is 1. The Morgan fingerprint density at radius 1 is 1.32 bits per heavy atom. The number of anilines is 2. The largest absolute Gasteiger partial charge is 0.398 e. The van der Waals surface area contributed by atoms with Crippen molar-refractivity contribution in [3.05, 3.63) is 23.3 Å². The van der Waals surface area contributed by atoms with E-state index in [2.05, 4.69) is 4.72 Å². The first-order valence-electron chi connectivity index (χ1n) is 6.20. The first-order valence-corrected chi connectivity index (χ1v) is 7.86. The summed E-state index contributed by atoms with van der Waals surface area (Å²) in [6, 6.07) is 3.52. The summed E-state index contributed by atoms with van der Waals surface area (Å²) < 4.78 is 31.6. The van der Waals surface area contributed by atoms with Gasteiger partial charge in [-0.15, -0.1) is 0 Å². The third-order valence-electron chi connectivity index (χ3n) is 2.80. The van der Waals surface area contributed by atoms with E-state index in [1.807, 2.05) is 20.8 Å². The fraction of sp³-hybridized carbons (Fsp3) is 0.538. The van der Waals surface area contributed by atoms with Crippen molar-refractivity contribution < 1.29 is 13.2 Å². The molecular weight excluding hydrogens is 264 g/mol. The summed E-state index contributed by atoms with van der Waals surface area (Å²) in [5, 5.41) is 0. The Morgan fingerprint density at radius 3 is 2.53 bits per heavy atom. The van der Waals surface area contributed by atoms with Crippen LogP contribution >= 0.6 is 0 Å². The summed E-state index contributed by atoms with van der Waals surface area (Å²) in [6.45, 7) is 7.59. The van der Waals surface area contributed by atoms with Gasteiger partial charge in [0.25, 0.3) is 0 Å². The number of hydrogen-bond donors (Lipinski definition) is 2. The van der Waals surface area contributed by atoms with Crippen molar-refractivity contribution in [3.8, 4) is 0 Å². The molecule has 1 aromatic rings. The second-order valence-electron chi connectivity index (χ2n) is 4.81. The number of aryl methyl sites for hydroxylation is 1. The van der Waals surface area contributed by atoms with Crippen LogP contribution in [0.1, 0.15) is 25.0 Å². The molecule has 0 fully saturated rings. The molecule has 0 saturated heterocycles. The maximum Gasteiger partial charge on any atom is 0.235 e. The smallest absolute Gasteiger partial charge is 0.235 e. The molecule has 3 N–H and O–H groups in total. The lowest BCUT2D eigenvalue weighted by Crippen LogP contribution is -2.22. The van der Waals surface area contributed by atoms with Crippen LogP contribution in [0.3, 0.4) is 0 Å². The number of hydrogen-bond acceptors (Lipinski definition) is 4. The Bertz CT molecular complexity index is 539. The first kappa shape index (κ1) is 15.8. The second kappa shape index (κ2) is 6.25. The molecule has 0 bridgehead atoms. The van der Waals surface area contributed by atoms with Crippen molar-refractivity contribution >= 4 is 21.4 Å². The normalized spacial score (nSPS) is 11.8. The van der Waals surface area contributed by atoms with Gasteiger partial charge in [-0.05, 0) is 44.9 Å². The van der Waals surface area contributed by atoms with Crippen molar-refractivity contribution in [3.63, 3.8) is 0 Å². The van der Waals surface area contributed by atoms with E-state index in [0.29, 0.717) is 11.4 Å². The van der Waals surface area contributed by atoms with Gasteiger partial charge in [-0.1, -0.05) is 6.07 Å². The van der Waals surface area contributed by atoms with Gasteiger partial charge in [0.05, 0.1) is 24.2 Å². The Hall–Kier alpha value is -1.27. The fourth-order valence-corrected chi connectivity index (χ4v) is 2.56. The second-order valence-corrected chi connectivity index (χ2v) is 6.65. The van der Waals surface area contributed by atoms with E-state index >= 15 is 0 Å². The molecule has 6 heteroatoms. The van der Waals surface area contributed by atoms with Gasteiger partial charge in [0.2, 0.25) is 10.0 Å². The molecular formula is C13H22N2O3S. The maximum absolute atomic E-state index is 11.9. The molecule has 108 valence electrons. The number of rotatable bonds is 6. The average Bonchev–Trinajstić information content (AvgIpc) is 2.29. The molecule has 0 aliphatic carbocycles. The van der Waals surface area contributed by atoms with E-state index in [1.54, 1.807) is 19.1 Å². The molecule has 0 saturated carbocycles. The van der Waals surface area contributed by atoms with Crippen LogP contribution in [0.25, 0.3) is 0 Å². The van der Waals surface area contributed by atoms with E-state index in [4.69, 9.17) is 10.5 Å². The summed E-state index contributed by atoms with van der Waals surface area (Å²) in [4.78, 5) is 0. The van der Waals surface area contributed by atoms with Crippen molar-refractivity contribution in [1.29, 1.82) is 0 Å². The van der Waals surface area contributed by atoms with Crippen LogP contribution < -0.4 is 10.5 Å². The molecule has 0 aromatic heterocycles. The number of ether oxygens (including phenoxy) is 1. The van der Waals surface area contributed by atoms with Crippen molar-refractivity contribution in [1.82, 2.24) is 0 Å². The van der Waals surface area contributed by atoms with E-state index in [1.165, 1.54) is 0 Å². The quantitative estimate of drug-likeness (QED) is 0.784. The molecule has 0 heterocycles. The number of benzene rings is 1. The number of nitrogen functional groups attached to an aromatic ring is 1. The molecule has 0 aliphatic heterocycles. The number of nitrogens with two attached hydrogens (primary N) is 1. The van der Waals surface area contributed by atoms with Gasteiger partial charge in [0.1, 0.15) is 0 Å². The highest BCUT2D eigenvalue weighted by molar-refractivity contribution is 7.92. The van der Waals surface area contributed by atoms with Crippen molar-refractivity contribution in [2.45, 2.75) is 33.8 Å². The lowest BCUT2D eigenvalue weighted by Gasteiger charge is -2.14. The molecule has 19 heavy (non-hydrogen) atoms. The van der Waals surface area contributed by atoms with Gasteiger partial charge in [0.15, 0.2) is 0 Å². The summed E-state index contributed by atoms with van der Waals surface area (Å²) in [7, 11) is -3.41. The summed E-state index contributed by atoms with van der Waals surface area (Å²) >= 11 is 0. The highest BCUT2D eigenvalue weighted by Gasteiger charge is 2.13. The van der Waals surface area contributed by atoms with Gasteiger partial charge in [0, 0.05) is 5.69 Å². The third kappa shape index (κ3) is 4.72. The Kier molecular flexibility index (Phi) is 5.20.